The standard InChI is InChI=1S/C13H22O6S/c1-18-11(14)13(12(15)19-2,8-9-20(3,16)17)10-6-4-5-7-10/h10H,4-9H2,1-3H3. The second kappa shape index (κ2) is 6.56. The van der Waals surface area contributed by atoms with E-state index in [0.717, 1.165) is 19.1 Å². The molecule has 0 aliphatic heterocycles. The number of methoxy groups -OCH3 is 2. The molecule has 0 N–H and O–H groups in total. The predicted molar refractivity (Wildman–Crippen MR) is 72.8 cm³/mol. The first-order valence-corrected chi connectivity index (χ1v) is 8.68. The van der Waals surface area contributed by atoms with E-state index in [9.17, 15) is 18.0 Å². The number of rotatable bonds is 6. The Morgan fingerprint density at radius 3 is 1.90 bits per heavy atom. The number of ether oxygens (including phenoxy) is 2. The van der Waals surface area contributed by atoms with Gasteiger partial charge in [-0.25, -0.2) is 8.42 Å². The summed E-state index contributed by atoms with van der Waals surface area (Å²) in [6, 6.07) is 0. The Bertz CT molecular complexity index is 445. The molecule has 1 saturated carbocycles. The van der Waals surface area contributed by atoms with Crippen LogP contribution in [0.15, 0.2) is 0 Å². The second-order valence-electron chi connectivity index (χ2n) is 5.32. The molecule has 0 aromatic heterocycles. The molecule has 0 unspecified atom stereocenters. The lowest BCUT2D eigenvalue weighted by Crippen LogP contribution is -2.47. The molecule has 6 nitrogen and oxygen atoms in total. The van der Waals surface area contributed by atoms with Gasteiger partial charge in [-0.15, -0.1) is 0 Å². The van der Waals surface area contributed by atoms with Crippen molar-refractivity contribution in [2.45, 2.75) is 32.1 Å². The van der Waals surface area contributed by atoms with Gasteiger partial charge in [-0.05, 0) is 25.2 Å². The smallest absolute Gasteiger partial charge is 0.323 e. The molecule has 0 aromatic carbocycles. The lowest BCUT2D eigenvalue weighted by atomic mass is 9.72. The summed E-state index contributed by atoms with van der Waals surface area (Å²) in [4.78, 5) is 24.4. The van der Waals surface area contributed by atoms with Crippen LogP contribution in [-0.2, 0) is 28.9 Å². The van der Waals surface area contributed by atoms with Gasteiger partial charge in [0, 0.05) is 6.26 Å². The minimum atomic E-state index is -3.29. The number of carbonyl (C=O) groups excluding carboxylic acids is 2. The lowest BCUT2D eigenvalue weighted by Gasteiger charge is -2.33. The maximum absolute atomic E-state index is 12.2. The Hall–Kier alpha value is -1.11. The number of esters is 2. The van der Waals surface area contributed by atoms with E-state index in [1.807, 2.05) is 0 Å². The van der Waals surface area contributed by atoms with Crippen molar-refractivity contribution in [1.82, 2.24) is 0 Å². The summed E-state index contributed by atoms with van der Waals surface area (Å²) in [6.07, 6.45) is 4.23. The first-order chi connectivity index (χ1) is 9.28. The first-order valence-electron chi connectivity index (χ1n) is 6.62. The normalized spacial score (nSPS) is 16.9. The molecule has 116 valence electrons. The third kappa shape index (κ3) is 3.50. The number of sulfone groups is 1. The van der Waals surface area contributed by atoms with Gasteiger partial charge in [0.15, 0.2) is 5.41 Å². The second-order valence-corrected chi connectivity index (χ2v) is 7.58. The first kappa shape index (κ1) is 16.9. The molecule has 7 heteroatoms. The van der Waals surface area contributed by atoms with Gasteiger partial charge in [0.05, 0.1) is 20.0 Å². The quantitative estimate of drug-likeness (QED) is 0.536. The molecule has 0 bridgehead atoms. The highest BCUT2D eigenvalue weighted by atomic mass is 32.2. The van der Waals surface area contributed by atoms with E-state index in [-0.39, 0.29) is 18.1 Å². The van der Waals surface area contributed by atoms with Gasteiger partial charge < -0.3 is 9.47 Å². The number of hydrogen-bond acceptors (Lipinski definition) is 6. The Kier molecular flexibility index (Phi) is 5.56. The molecular formula is C13H22O6S. The highest BCUT2D eigenvalue weighted by Crippen LogP contribution is 2.44. The van der Waals surface area contributed by atoms with E-state index in [1.165, 1.54) is 14.2 Å². The topological polar surface area (TPSA) is 86.7 Å². The fraction of sp³-hybridized carbons (Fsp3) is 0.846. The summed E-state index contributed by atoms with van der Waals surface area (Å²) >= 11 is 0. The van der Waals surface area contributed by atoms with Crippen LogP contribution in [0, 0.1) is 11.3 Å². The van der Waals surface area contributed by atoms with Crippen LogP contribution in [0.2, 0.25) is 0 Å². The van der Waals surface area contributed by atoms with Crippen molar-refractivity contribution in [3.63, 3.8) is 0 Å². The molecule has 0 atom stereocenters. The Morgan fingerprint density at radius 1 is 1.10 bits per heavy atom. The molecule has 1 rings (SSSR count). The fourth-order valence-corrected chi connectivity index (χ4v) is 3.65. The van der Waals surface area contributed by atoms with Crippen LogP contribution in [0.3, 0.4) is 0 Å². The van der Waals surface area contributed by atoms with E-state index in [4.69, 9.17) is 9.47 Å². The zero-order valence-electron chi connectivity index (χ0n) is 12.2. The van der Waals surface area contributed by atoms with Gasteiger partial charge in [-0.1, -0.05) is 12.8 Å². The van der Waals surface area contributed by atoms with Crippen LogP contribution in [-0.4, -0.2) is 46.6 Å². The summed E-state index contributed by atoms with van der Waals surface area (Å²) in [5.74, 6) is -1.85. The van der Waals surface area contributed by atoms with Crippen molar-refractivity contribution in [3.8, 4) is 0 Å². The van der Waals surface area contributed by atoms with Crippen LogP contribution in [0.5, 0.6) is 0 Å². The van der Waals surface area contributed by atoms with Gasteiger partial charge in [0.2, 0.25) is 0 Å². The van der Waals surface area contributed by atoms with Crippen molar-refractivity contribution < 1.29 is 27.5 Å². The van der Waals surface area contributed by atoms with Crippen LogP contribution in [0.25, 0.3) is 0 Å². The van der Waals surface area contributed by atoms with Crippen molar-refractivity contribution >= 4 is 21.8 Å². The van der Waals surface area contributed by atoms with Gasteiger partial charge >= 0.3 is 11.9 Å². The molecule has 0 heterocycles. The fourth-order valence-electron chi connectivity index (χ4n) is 2.95. The van der Waals surface area contributed by atoms with Crippen molar-refractivity contribution in [2.75, 3.05) is 26.2 Å². The Morgan fingerprint density at radius 2 is 1.55 bits per heavy atom. The van der Waals surface area contributed by atoms with E-state index in [2.05, 4.69) is 0 Å². The average Bonchev–Trinajstić information content (AvgIpc) is 2.91. The number of hydrogen-bond donors (Lipinski definition) is 0. The molecule has 0 aromatic rings. The van der Waals surface area contributed by atoms with Crippen LogP contribution in [0.1, 0.15) is 32.1 Å². The van der Waals surface area contributed by atoms with Gasteiger partial charge in [-0.3, -0.25) is 9.59 Å². The predicted octanol–water partition coefficient (Wildman–Crippen LogP) is 0.944. The lowest BCUT2D eigenvalue weighted by molar-refractivity contribution is -0.174. The van der Waals surface area contributed by atoms with Gasteiger partial charge in [0.1, 0.15) is 9.84 Å². The van der Waals surface area contributed by atoms with Gasteiger partial charge in [-0.2, -0.15) is 0 Å². The zero-order valence-corrected chi connectivity index (χ0v) is 13.0. The molecule has 1 fully saturated rings. The molecule has 0 saturated heterocycles. The SMILES string of the molecule is COC(=O)C(CCS(C)(=O)=O)(C(=O)OC)C1CCCC1. The maximum Gasteiger partial charge on any atom is 0.323 e. The molecule has 1 aliphatic rings. The maximum atomic E-state index is 12.2. The van der Waals surface area contributed by atoms with E-state index < -0.39 is 27.2 Å². The number of carbonyl (C=O) groups is 2. The average molecular weight is 306 g/mol. The zero-order chi connectivity index (χ0) is 15.4. The highest BCUT2D eigenvalue weighted by molar-refractivity contribution is 7.90. The minimum Gasteiger partial charge on any atom is -0.468 e. The molecular weight excluding hydrogens is 284 g/mol. The molecule has 0 radical (unpaired) electrons. The minimum absolute atomic E-state index is 0.0875. The van der Waals surface area contributed by atoms with Crippen molar-refractivity contribution in [2.24, 2.45) is 11.3 Å². The van der Waals surface area contributed by atoms with Crippen LogP contribution >= 0.6 is 0 Å². The van der Waals surface area contributed by atoms with Crippen LogP contribution in [0.4, 0.5) is 0 Å². The highest BCUT2D eigenvalue weighted by Gasteiger charge is 2.54. The molecule has 20 heavy (non-hydrogen) atoms. The monoisotopic (exact) mass is 306 g/mol. The van der Waals surface area contributed by atoms with Crippen molar-refractivity contribution in [3.05, 3.63) is 0 Å². The molecule has 1 aliphatic carbocycles. The third-order valence-corrected chi connectivity index (χ3v) is 4.96. The van der Waals surface area contributed by atoms with E-state index >= 15 is 0 Å². The van der Waals surface area contributed by atoms with E-state index in [0.29, 0.717) is 12.8 Å². The Labute approximate surface area is 119 Å². The molecule has 0 amide bonds. The molecule has 0 spiro atoms. The Balaban J connectivity index is 3.17. The summed E-state index contributed by atoms with van der Waals surface area (Å²) in [7, 11) is -0.878. The summed E-state index contributed by atoms with van der Waals surface area (Å²) < 4.78 is 32.4. The summed E-state index contributed by atoms with van der Waals surface area (Å²) in [5.41, 5.74) is -1.50. The van der Waals surface area contributed by atoms with E-state index in [1.54, 1.807) is 0 Å². The van der Waals surface area contributed by atoms with Gasteiger partial charge in [0.25, 0.3) is 0 Å². The summed E-state index contributed by atoms with van der Waals surface area (Å²) in [6.45, 7) is 0. The largest absolute Gasteiger partial charge is 0.468 e. The van der Waals surface area contributed by atoms with Crippen LogP contribution < -0.4 is 0 Å². The summed E-state index contributed by atoms with van der Waals surface area (Å²) in [5, 5.41) is 0. The third-order valence-electron chi connectivity index (χ3n) is 4.02. The van der Waals surface area contributed by atoms with Crippen molar-refractivity contribution in [1.29, 1.82) is 0 Å².